The van der Waals surface area contributed by atoms with E-state index in [9.17, 15) is 22.8 Å². The van der Waals surface area contributed by atoms with Gasteiger partial charge in [-0.3, -0.25) is 9.59 Å². The zero-order valence-electron chi connectivity index (χ0n) is 15.0. The Balaban J connectivity index is 1.54. The van der Waals surface area contributed by atoms with E-state index in [0.717, 1.165) is 30.7 Å². The topological polar surface area (TPSA) is 70.2 Å². The molecule has 2 aromatic rings. The molecule has 0 fully saturated rings. The first-order valence-electron chi connectivity index (χ1n) is 8.88. The maximum absolute atomic E-state index is 13.0. The van der Waals surface area contributed by atoms with Crippen LogP contribution in [0.5, 0.6) is 0 Å². The highest BCUT2D eigenvalue weighted by Crippen LogP contribution is 2.31. The van der Waals surface area contributed by atoms with Crippen molar-refractivity contribution in [2.75, 3.05) is 19.6 Å². The second-order valence-corrected chi connectivity index (χ2v) is 6.49. The van der Waals surface area contributed by atoms with Crippen molar-refractivity contribution >= 4 is 11.8 Å². The number of benzene rings is 2. The molecule has 8 heteroatoms. The van der Waals surface area contributed by atoms with Crippen molar-refractivity contribution in [3.8, 4) is 0 Å². The minimum atomic E-state index is -4.64. The zero-order valence-corrected chi connectivity index (χ0v) is 15.0. The second-order valence-electron chi connectivity index (χ2n) is 6.49. The molecule has 2 amide bonds. The molecule has 5 nitrogen and oxygen atoms in total. The molecular weight excluding hydrogens is 371 g/mol. The number of carbonyl (C=O) groups is 2. The molecule has 3 rings (SSSR count). The van der Waals surface area contributed by atoms with Crippen molar-refractivity contribution in [1.29, 1.82) is 0 Å². The molecule has 3 N–H and O–H groups in total. The van der Waals surface area contributed by atoms with E-state index in [4.69, 9.17) is 0 Å². The van der Waals surface area contributed by atoms with E-state index >= 15 is 0 Å². The van der Waals surface area contributed by atoms with Crippen LogP contribution < -0.4 is 16.0 Å². The summed E-state index contributed by atoms with van der Waals surface area (Å²) in [7, 11) is 0. The van der Waals surface area contributed by atoms with E-state index in [2.05, 4.69) is 16.0 Å². The molecule has 0 saturated heterocycles. The van der Waals surface area contributed by atoms with Crippen LogP contribution in [0.25, 0.3) is 0 Å². The third-order valence-electron chi connectivity index (χ3n) is 4.61. The number of carbonyl (C=O) groups excluding carboxylic acids is 2. The van der Waals surface area contributed by atoms with E-state index in [1.54, 1.807) is 0 Å². The summed E-state index contributed by atoms with van der Waals surface area (Å²) in [6.45, 7) is 0.715. The Bertz CT molecular complexity index is 868. The Hall–Kier alpha value is -2.87. The van der Waals surface area contributed by atoms with Gasteiger partial charge in [0.05, 0.1) is 17.7 Å². The fourth-order valence-electron chi connectivity index (χ4n) is 3.24. The predicted octanol–water partition coefficient (Wildman–Crippen LogP) is 2.44. The molecule has 148 valence electrons. The summed E-state index contributed by atoms with van der Waals surface area (Å²) in [5.41, 5.74) is 0.788. The number of rotatable bonds is 5. The molecule has 1 atom stereocenters. The van der Waals surface area contributed by atoms with E-state index in [1.807, 2.05) is 24.3 Å². The summed E-state index contributed by atoms with van der Waals surface area (Å²) in [6.07, 6.45) is -3.73. The fourth-order valence-corrected chi connectivity index (χ4v) is 3.24. The third kappa shape index (κ3) is 4.69. The van der Waals surface area contributed by atoms with Crippen LogP contribution in [0.15, 0.2) is 48.5 Å². The van der Waals surface area contributed by atoms with Gasteiger partial charge in [-0.1, -0.05) is 36.4 Å². The number of amides is 2. The average Bonchev–Trinajstić information content (AvgIpc) is 2.69. The van der Waals surface area contributed by atoms with Crippen molar-refractivity contribution in [3.63, 3.8) is 0 Å². The van der Waals surface area contributed by atoms with Crippen LogP contribution >= 0.6 is 0 Å². The van der Waals surface area contributed by atoms with Crippen LogP contribution in [0.1, 0.15) is 33.1 Å². The van der Waals surface area contributed by atoms with E-state index in [1.165, 1.54) is 17.7 Å². The zero-order chi connectivity index (χ0) is 20.1. The normalized spacial score (nSPS) is 16.2. The van der Waals surface area contributed by atoms with Gasteiger partial charge >= 0.3 is 6.18 Å². The standard InChI is InChI=1S/C20H20F3N3O2/c21-20(22,23)16-8-4-3-7-15(16)19(28)26-12-18(27)25-11-17-14-6-2-1-5-13(14)9-10-24-17/h1-8,17,24H,9-12H2,(H,25,27)(H,26,28). The highest BCUT2D eigenvalue weighted by atomic mass is 19.4. The minimum absolute atomic E-state index is 0.0458. The van der Waals surface area contributed by atoms with Crippen molar-refractivity contribution in [2.45, 2.75) is 18.6 Å². The Morgan fingerprint density at radius 1 is 1.04 bits per heavy atom. The number of nitrogens with one attached hydrogen (secondary N) is 3. The summed E-state index contributed by atoms with van der Waals surface area (Å²) in [4.78, 5) is 24.1. The molecule has 2 aromatic carbocycles. The van der Waals surface area contributed by atoms with Gasteiger partial charge in [-0.05, 0) is 36.2 Å². The van der Waals surface area contributed by atoms with E-state index < -0.39 is 35.7 Å². The Labute approximate surface area is 160 Å². The van der Waals surface area contributed by atoms with Crippen molar-refractivity contribution < 1.29 is 22.8 Å². The van der Waals surface area contributed by atoms with Crippen LogP contribution in [0.2, 0.25) is 0 Å². The first kappa shape index (κ1) is 19.9. The smallest absolute Gasteiger partial charge is 0.353 e. The van der Waals surface area contributed by atoms with Gasteiger partial charge in [0.2, 0.25) is 5.91 Å². The summed E-state index contributed by atoms with van der Waals surface area (Å²) >= 11 is 0. The second kappa shape index (κ2) is 8.43. The van der Waals surface area contributed by atoms with E-state index in [0.29, 0.717) is 6.54 Å². The van der Waals surface area contributed by atoms with Crippen LogP contribution in [0.4, 0.5) is 13.2 Å². The minimum Gasteiger partial charge on any atom is -0.353 e. The maximum atomic E-state index is 13.0. The fraction of sp³-hybridized carbons (Fsp3) is 0.300. The number of fused-ring (bicyclic) bond motifs is 1. The van der Waals surface area contributed by atoms with Crippen molar-refractivity contribution in [2.24, 2.45) is 0 Å². The Kier molecular flexibility index (Phi) is 5.99. The number of alkyl halides is 3. The Morgan fingerprint density at radius 3 is 2.54 bits per heavy atom. The number of hydrogen-bond acceptors (Lipinski definition) is 3. The first-order chi connectivity index (χ1) is 13.4. The molecule has 1 heterocycles. The summed E-state index contributed by atoms with van der Waals surface area (Å²) in [6, 6.07) is 12.4. The molecule has 1 aliphatic rings. The van der Waals surface area contributed by atoms with Gasteiger partial charge in [-0.2, -0.15) is 13.2 Å². The van der Waals surface area contributed by atoms with Gasteiger partial charge in [0, 0.05) is 12.6 Å². The highest BCUT2D eigenvalue weighted by Gasteiger charge is 2.34. The van der Waals surface area contributed by atoms with Crippen LogP contribution in [-0.4, -0.2) is 31.4 Å². The summed E-state index contributed by atoms with van der Waals surface area (Å²) < 4.78 is 39.0. The highest BCUT2D eigenvalue weighted by molar-refractivity contribution is 5.97. The van der Waals surface area contributed by atoms with Gasteiger partial charge < -0.3 is 16.0 Å². The lowest BCUT2D eigenvalue weighted by molar-refractivity contribution is -0.137. The van der Waals surface area contributed by atoms with Crippen LogP contribution in [-0.2, 0) is 17.4 Å². The van der Waals surface area contributed by atoms with Gasteiger partial charge in [-0.15, -0.1) is 0 Å². The van der Waals surface area contributed by atoms with Crippen molar-refractivity contribution in [1.82, 2.24) is 16.0 Å². The molecule has 0 radical (unpaired) electrons. The first-order valence-corrected chi connectivity index (χ1v) is 8.88. The number of halogens is 3. The third-order valence-corrected chi connectivity index (χ3v) is 4.61. The van der Waals surface area contributed by atoms with Crippen LogP contribution in [0, 0.1) is 0 Å². The lowest BCUT2D eigenvalue weighted by Crippen LogP contribution is -2.42. The predicted molar refractivity (Wildman–Crippen MR) is 97.7 cm³/mol. The molecule has 0 saturated carbocycles. The number of hydrogen-bond donors (Lipinski definition) is 3. The SMILES string of the molecule is O=C(CNC(=O)c1ccccc1C(F)(F)F)NCC1NCCc2ccccc21. The molecule has 28 heavy (non-hydrogen) atoms. The van der Waals surface area contributed by atoms with Crippen molar-refractivity contribution in [3.05, 3.63) is 70.8 Å². The quantitative estimate of drug-likeness (QED) is 0.733. The summed E-state index contributed by atoms with van der Waals surface area (Å²) in [5.74, 6) is -1.41. The van der Waals surface area contributed by atoms with Gasteiger partial charge in [0.1, 0.15) is 0 Å². The molecule has 0 bridgehead atoms. The monoisotopic (exact) mass is 391 g/mol. The molecule has 0 aromatic heterocycles. The van der Waals surface area contributed by atoms with Gasteiger partial charge in [-0.25, -0.2) is 0 Å². The lowest BCUT2D eigenvalue weighted by Gasteiger charge is -2.27. The molecule has 0 spiro atoms. The van der Waals surface area contributed by atoms with Crippen LogP contribution in [0.3, 0.4) is 0 Å². The van der Waals surface area contributed by atoms with E-state index in [-0.39, 0.29) is 6.04 Å². The maximum Gasteiger partial charge on any atom is 0.417 e. The lowest BCUT2D eigenvalue weighted by atomic mass is 9.94. The molecular formula is C20H20F3N3O2. The average molecular weight is 391 g/mol. The Morgan fingerprint density at radius 2 is 1.75 bits per heavy atom. The molecule has 1 aliphatic heterocycles. The largest absolute Gasteiger partial charge is 0.417 e. The molecule has 0 aliphatic carbocycles. The summed E-state index contributed by atoms with van der Waals surface area (Å²) in [5, 5.41) is 8.27. The van der Waals surface area contributed by atoms with Gasteiger partial charge in [0.15, 0.2) is 0 Å². The molecule has 1 unspecified atom stereocenters. The van der Waals surface area contributed by atoms with Gasteiger partial charge in [0.25, 0.3) is 5.91 Å².